The summed E-state index contributed by atoms with van der Waals surface area (Å²) in [7, 11) is 0. The third-order valence-electron chi connectivity index (χ3n) is 4.10. The quantitative estimate of drug-likeness (QED) is 0.852. The predicted molar refractivity (Wildman–Crippen MR) is 83.8 cm³/mol. The van der Waals surface area contributed by atoms with Crippen LogP contribution in [0.4, 0.5) is 0 Å². The van der Waals surface area contributed by atoms with Crippen molar-refractivity contribution in [2.45, 2.75) is 32.8 Å². The first-order valence-corrected chi connectivity index (χ1v) is 7.41. The van der Waals surface area contributed by atoms with Crippen molar-refractivity contribution in [1.82, 2.24) is 20.3 Å². The number of benzene rings is 1. The van der Waals surface area contributed by atoms with Crippen molar-refractivity contribution in [2.75, 3.05) is 6.54 Å². The highest BCUT2D eigenvalue weighted by Gasteiger charge is 2.27. The Morgan fingerprint density at radius 3 is 2.64 bits per heavy atom. The van der Waals surface area contributed by atoms with Crippen molar-refractivity contribution in [2.24, 2.45) is 5.92 Å². The van der Waals surface area contributed by atoms with Crippen LogP contribution in [0.2, 0.25) is 0 Å². The largest absolute Gasteiger partial charge is 0.388 e. The van der Waals surface area contributed by atoms with Gasteiger partial charge in [-0.05, 0) is 37.1 Å². The van der Waals surface area contributed by atoms with Crippen LogP contribution in [-0.2, 0) is 0 Å². The van der Waals surface area contributed by atoms with Gasteiger partial charge < -0.3 is 10.4 Å². The third kappa shape index (κ3) is 3.71. The fraction of sp³-hybridized carbons (Fsp3) is 0.438. The Morgan fingerprint density at radius 2 is 2.09 bits per heavy atom. The smallest absolute Gasteiger partial charge is 0.251 e. The molecule has 0 bridgehead atoms. The van der Waals surface area contributed by atoms with E-state index in [1.165, 1.54) is 0 Å². The molecule has 2 aromatic rings. The van der Waals surface area contributed by atoms with Gasteiger partial charge in [0.25, 0.3) is 5.91 Å². The summed E-state index contributed by atoms with van der Waals surface area (Å²) in [5.41, 5.74) is 0.468. The summed E-state index contributed by atoms with van der Waals surface area (Å²) in [5.74, 6) is -0.0868. The third-order valence-corrected chi connectivity index (χ3v) is 4.10. The second-order valence-electron chi connectivity index (χ2n) is 5.74. The number of nitrogens with one attached hydrogen (secondary N) is 1. The molecular weight excluding hydrogens is 280 g/mol. The molecule has 0 saturated carbocycles. The molecule has 0 aliphatic heterocycles. The highest BCUT2D eigenvalue weighted by atomic mass is 16.3. The molecule has 1 aromatic heterocycles. The molecule has 0 saturated heterocycles. The molecule has 2 N–H and O–H groups in total. The molecule has 2 unspecified atom stereocenters. The molecule has 0 radical (unpaired) electrons. The van der Waals surface area contributed by atoms with Gasteiger partial charge in [0, 0.05) is 12.1 Å². The van der Waals surface area contributed by atoms with Crippen LogP contribution in [-0.4, -0.2) is 38.2 Å². The van der Waals surface area contributed by atoms with Crippen LogP contribution in [0.15, 0.2) is 36.7 Å². The molecule has 1 aromatic carbocycles. The average molecular weight is 302 g/mol. The summed E-state index contributed by atoms with van der Waals surface area (Å²) in [4.78, 5) is 12.1. The Hall–Kier alpha value is -2.21. The fourth-order valence-corrected chi connectivity index (χ4v) is 2.09. The minimum Gasteiger partial charge on any atom is -0.388 e. The monoisotopic (exact) mass is 302 g/mol. The highest BCUT2D eigenvalue weighted by molar-refractivity contribution is 5.94. The Morgan fingerprint density at radius 1 is 1.41 bits per heavy atom. The van der Waals surface area contributed by atoms with Crippen LogP contribution >= 0.6 is 0 Å². The number of carbonyl (C=O) groups excluding carboxylic acids is 1. The second-order valence-corrected chi connectivity index (χ2v) is 5.74. The van der Waals surface area contributed by atoms with E-state index in [-0.39, 0.29) is 18.4 Å². The lowest BCUT2D eigenvalue weighted by atomic mass is 9.88. The number of nitrogens with zero attached hydrogens (tertiary/aromatic N) is 3. The van der Waals surface area contributed by atoms with Crippen LogP contribution in [0, 0.1) is 5.92 Å². The molecule has 0 aliphatic rings. The lowest BCUT2D eigenvalue weighted by Gasteiger charge is -2.29. The number of rotatable bonds is 6. The van der Waals surface area contributed by atoms with Crippen LogP contribution in [0.3, 0.4) is 0 Å². The lowest BCUT2D eigenvalue weighted by Crippen LogP contribution is -2.45. The van der Waals surface area contributed by atoms with E-state index in [2.05, 4.69) is 15.6 Å². The number of hydrogen-bond acceptors (Lipinski definition) is 4. The van der Waals surface area contributed by atoms with Gasteiger partial charge in [-0.3, -0.25) is 4.79 Å². The van der Waals surface area contributed by atoms with Crippen LogP contribution < -0.4 is 5.32 Å². The zero-order valence-corrected chi connectivity index (χ0v) is 13.2. The van der Waals surface area contributed by atoms with E-state index in [1.54, 1.807) is 48.3 Å². The van der Waals surface area contributed by atoms with Gasteiger partial charge in [0.05, 0.1) is 23.7 Å². The van der Waals surface area contributed by atoms with Gasteiger partial charge in [-0.15, -0.1) is 5.10 Å². The minimum absolute atomic E-state index is 0.113. The number of aromatic nitrogens is 3. The van der Waals surface area contributed by atoms with Crippen LogP contribution in [0.25, 0.3) is 5.69 Å². The molecule has 0 spiro atoms. The molecule has 1 amide bonds. The van der Waals surface area contributed by atoms with E-state index in [1.807, 2.05) is 13.8 Å². The van der Waals surface area contributed by atoms with Gasteiger partial charge >= 0.3 is 0 Å². The van der Waals surface area contributed by atoms with Crippen molar-refractivity contribution in [3.05, 3.63) is 42.2 Å². The first-order chi connectivity index (χ1) is 10.4. The summed E-state index contributed by atoms with van der Waals surface area (Å²) < 4.78 is 1.62. The van der Waals surface area contributed by atoms with E-state index in [0.29, 0.717) is 5.56 Å². The van der Waals surface area contributed by atoms with Crippen molar-refractivity contribution in [1.29, 1.82) is 0 Å². The summed E-state index contributed by atoms with van der Waals surface area (Å²) >= 11 is 0. The molecule has 2 atom stereocenters. The summed E-state index contributed by atoms with van der Waals surface area (Å²) in [6, 6.07) is 7.06. The maximum Gasteiger partial charge on any atom is 0.251 e. The Labute approximate surface area is 130 Å². The summed E-state index contributed by atoms with van der Waals surface area (Å²) in [6.45, 7) is 5.96. The summed E-state index contributed by atoms with van der Waals surface area (Å²) in [6.07, 6.45) is 4.19. The highest BCUT2D eigenvalue weighted by Crippen LogP contribution is 2.19. The van der Waals surface area contributed by atoms with Gasteiger partial charge in [-0.25, -0.2) is 4.68 Å². The zero-order valence-electron chi connectivity index (χ0n) is 13.2. The van der Waals surface area contributed by atoms with Crippen LogP contribution in [0.5, 0.6) is 0 Å². The van der Waals surface area contributed by atoms with Crippen molar-refractivity contribution in [3.63, 3.8) is 0 Å². The number of carbonyl (C=O) groups is 1. The van der Waals surface area contributed by atoms with Crippen molar-refractivity contribution >= 4 is 5.91 Å². The SMILES string of the molecule is CCC(C)C(C)(O)CNC(=O)c1ccc(-n2ccnn2)cc1. The number of hydrogen-bond donors (Lipinski definition) is 2. The first-order valence-electron chi connectivity index (χ1n) is 7.41. The molecule has 22 heavy (non-hydrogen) atoms. The molecule has 6 heteroatoms. The molecule has 118 valence electrons. The lowest BCUT2D eigenvalue weighted by molar-refractivity contribution is 0.00592. The maximum absolute atomic E-state index is 12.1. The van der Waals surface area contributed by atoms with E-state index >= 15 is 0 Å². The number of aliphatic hydroxyl groups is 1. The maximum atomic E-state index is 12.1. The van der Waals surface area contributed by atoms with E-state index in [0.717, 1.165) is 12.1 Å². The molecule has 1 heterocycles. The van der Waals surface area contributed by atoms with Gasteiger partial charge in [0.15, 0.2) is 0 Å². The second kappa shape index (κ2) is 6.70. The Kier molecular flexibility index (Phi) is 4.92. The predicted octanol–water partition coefficient (Wildman–Crippen LogP) is 1.79. The van der Waals surface area contributed by atoms with Gasteiger partial charge in [0.2, 0.25) is 0 Å². The minimum atomic E-state index is -0.912. The molecule has 2 rings (SSSR count). The normalized spacial score (nSPS) is 15.1. The van der Waals surface area contributed by atoms with E-state index in [9.17, 15) is 9.90 Å². The van der Waals surface area contributed by atoms with Gasteiger partial charge in [-0.1, -0.05) is 25.5 Å². The molecular formula is C16H22N4O2. The van der Waals surface area contributed by atoms with Gasteiger partial charge in [-0.2, -0.15) is 0 Å². The zero-order chi connectivity index (χ0) is 16.2. The Bertz CT molecular complexity index is 606. The fourth-order valence-electron chi connectivity index (χ4n) is 2.09. The van der Waals surface area contributed by atoms with Crippen LogP contribution in [0.1, 0.15) is 37.6 Å². The molecule has 6 nitrogen and oxygen atoms in total. The Balaban J connectivity index is 1.99. The van der Waals surface area contributed by atoms with Gasteiger partial charge in [0.1, 0.15) is 0 Å². The number of amides is 1. The topological polar surface area (TPSA) is 80.0 Å². The molecule has 0 fully saturated rings. The summed E-state index contributed by atoms with van der Waals surface area (Å²) in [5, 5.41) is 20.7. The van der Waals surface area contributed by atoms with E-state index in [4.69, 9.17) is 0 Å². The first kappa shape index (κ1) is 16.2. The van der Waals surface area contributed by atoms with Crippen molar-refractivity contribution < 1.29 is 9.90 Å². The average Bonchev–Trinajstić information content (AvgIpc) is 3.06. The standard InChI is InChI=1S/C16H22N4O2/c1-4-12(2)16(3,22)11-17-15(21)13-5-7-14(8-6-13)20-10-9-18-19-20/h5-10,12,22H,4,11H2,1-3H3,(H,17,21). The van der Waals surface area contributed by atoms with E-state index < -0.39 is 5.60 Å². The van der Waals surface area contributed by atoms with Crippen molar-refractivity contribution in [3.8, 4) is 5.69 Å². The molecule has 0 aliphatic carbocycles.